The zero-order valence-corrected chi connectivity index (χ0v) is 17.9. The first-order valence-electron chi connectivity index (χ1n) is 9.48. The lowest BCUT2D eigenvalue weighted by molar-refractivity contribution is -0.0314. The highest BCUT2D eigenvalue weighted by atomic mass is 28.3. The summed E-state index contributed by atoms with van der Waals surface area (Å²) in [4.78, 5) is 28.5. The van der Waals surface area contributed by atoms with E-state index >= 15 is 0 Å². The van der Waals surface area contributed by atoms with Crippen molar-refractivity contribution in [2.75, 3.05) is 19.8 Å². The molecule has 0 spiro atoms. The van der Waals surface area contributed by atoms with E-state index in [4.69, 9.17) is 9.47 Å². The van der Waals surface area contributed by atoms with Gasteiger partial charge in [0.25, 0.3) is 0 Å². The molecule has 3 atom stereocenters. The maximum absolute atomic E-state index is 12.6. The molecular weight excluding hydrogens is 352 g/mol. The molecule has 26 heavy (non-hydrogen) atoms. The highest BCUT2D eigenvalue weighted by Gasteiger charge is 2.51. The Labute approximate surface area is 157 Å². The molecule has 0 aromatic heterocycles. The normalized spacial score (nSPS) is 26.0. The van der Waals surface area contributed by atoms with Gasteiger partial charge in [0, 0.05) is 14.6 Å². The summed E-state index contributed by atoms with van der Waals surface area (Å²) in [6.07, 6.45) is 0.811. The number of aliphatic hydroxyl groups is 1. The summed E-state index contributed by atoms with van der Waals surface area (Å²) < 4.78 is 11.0. The molecule has 0 radical (unpaired) electrons. The second kappa shape index (κ2) is 7.76. The van der Waals surface area contributed by atoms with Crippen LogP contribution < -0.4 is 0 Å². The van der Waals surface area contributed by atoms with Gasteiger partial charge in [-0.1, -0.05) is 19.6 Å². The summed E-state index contributed by atoms with van der Waals surface area (Å²) in [5, 5.41) is 9.90. The summed E-state index contributed by atoms with van der Waals surface area (Å²) in [6, 6.07) is 0.161. The Morgan fingerprint density at radius 3 is 2.35 bits per heavy atom. The number of likely N-dealkylation sites (tertiary alicyclic amines) is 1. The van der Waals surface area contributed by atoms with Crippen molar-refractivity contribution >= 4 is 20.3 Å². The molecule has 2 aliphatic heterocycles. The van der Waals surface area contributed by atoms with Gasteiger partial charge < -0.3 is 14.6 Å². The maximum Gasteiger partial charge on any atom is 0.410 e. The molecule has 2 heterocycles. The Balaban J connectivity index is 2.04. The molecule has 2 saturated heterocycles. The Bertz CT molecular complexity index is 529. The number of aliphatic hydroxyl groups excluding tert-OH is 1. The number of ether oxygens (including phenoxy) is 2. The summed E-state index contributed by atoms with van der Waals surface area (Å²) in [6.45, 7) is 12.8. The van der Waals surface area contributed by atoms with E-state index in [1.54, 1.807) is 9.80 Å². The van der Waals surface area contributed by atoms with Gasteiger partial charge in [-0.25, -0.2) is 9.59 Å². The molecule has 2 rings (SSSR count). The first-order chi connectivity index (χ1) is 11.9. The average molecular weight is 387 g/mol. The van der Waals surface area contributed by atoms with Gasteiger partial charge in [0.15, 0.2) is 0 Å². The number of hydrogen-bond acceptors (Lipinski definition) is 5. The number of fused-ring (bicyclic) bond motifs is 2. The summed E-state index contributed by atoms with van der Waals surface area (Å²) in [7, 11) is -1.28. The van der Waals surface area contributed by atoms with Crippen LogP contribution in [0.5, 0.6) is 0 Å². The highest BCUT2D eigenvalue weighted by molar-refractivity contribution is 6.76. The molecule has 0 aromatic carbocycles. The fraction of sp³-hybridized carbons (Fsp3) is 0.889. The molecule has 2 bridgehead atoms. The zero-order valence-electron chi connectivity index (χ0n) is 16.9. The van der Waals surface area contributed by atoms with Crippen molar-refractivity contribution in [3.05, 3.63) is 0 Å². The van der Waals surface area contributed by atoms with Crippen LogP contribution in [-0.2, 0) is 9.47 Å². The van der Waals surface area contributed by atoms with E-state index in [1.807, 2.05) is 20.8 Å². The highest BCUT2D eigenvalue weighted by Crippen LogP contribution is 2.35. The van der Waals surface area contributed by atoms with Gasteiger partial charge in [0.1, 0.15) is 5.60 Å². The summed E-state index contributed by atoms with van der Waals surface area (Å²) >= 11 is 0. The van der Waals surface area contributed by atoms with Gasteiger partial charge >= 0.3 is 12.2 Å². The largest absolute Gasteiger partial charge is 0.450 e. The summed E-state index contributed by atoms with van der Waals surface area (Å²) in [5.74, 6) is 0. The molecule has 1 N–H and O–H groups in total. The van der Waals surface area contributed by atoms with Crippen LogP contribution in [0.1, 0.15) is 33.6 Å². The van der Waals surface area contributed by atoms with Crippen LogP contribution in [0.15, 0.2) is 0 Å². The van der Waals surface area contributed by atoms with E-state index in [1.165, 1.54) is 0 Å². The lowest BCUT2D eigenvalue weighted by Gasteiger charge is -2.45. The van der Waals surface area contributed by atoms with Crippen LogP contribution in [0.3, 0.4) is 0 Å². The number of carbonyl (C=O) groups is 2. The molecule has 2 fully saturated rings. The second-order valence-corrected chi connectivity index (χ2v) is 15.1. The minimum Gasteiger partial charge on any atom is -0.450 e. The maximum atomic E-state index is 12.6. The van der Waals surface area contributed by atoms with E-state index in [2.05, 4.69) is 19.6 Å². The lowest BCUT2D eigenvalue weighted by Crippen LogP contribution is -2.64. The molecule has 8 heteroatoms. The van der Waals surface area contributed by atoms with Crippen molar-refractivity contribution in [3.63, 3.8) is 0 Å². The number of nitrogens with zero attached hydrogens (tertiary/aromatic N) is 2. The van der Waals surface area contributed by atoms with E-state index in [0.29, 0.717) is 13.2 Å². The van der Waals surface area contributed by atoms with Crippen molar-refractivity contribution in [1.82, 2.24) is 9.80 Å². The number of hydrogen-bond donors (Lipinski definition) is 1. The first-order valence-corrected chi connectivity index (χ1v) is 13.2. The number of piperazine rings is 1. The Morgan fingerprint density at radius 1 is 1.15 bits per heavy atom. The Morgan fingerprint density at radius 2 is 1.81 bits per heavy atom. The third-order valence-electron chi connectivity index (χ3n) is 4.90. The minimum atomic E-state index is -1.28. The van der Waals surface area contributed by atoms with Gasteiger partial charge in [-0.15, -0.1) is 0 Å². The molecule has 7 nitrogen and oxygen atoms in total. The third kappa shape index (κ3) is 5.13. The SMILES string of the molecule is CC(C)(C)OC(=O)N1[C@@H]2CC[C@H]1[C@@H](CO)N(C(=O)OCC[Si](C)(C)C)C2. The monoisotopic (exact) mass is 386 g/mol. The van der Waals surface area contributed by atoms with Crippen molar-refractivity contribution in [2.45, 2.75) is 83.0 Å². The van der Waals surface area contributed by atoms with E-state index in [-0.39, 0.29) is 30.9 Å². The van der Waals surface area contributed by atoms with Crippen molar-refractivity contribution < 1.29 is 24.2 Å². The average Bonchev–Trinajstić information content (AvgIpc) is 2.79. The summed E-state index contributed by atoms with van der Waals surface area (Å²) in [5.41, 5.74) is -0.571. The third-order valence-corrected chi connectivity index (χ3v) is 6.61. The predicted molar refractivity (Wildman–Crippen MR) is 102 cm³/mol. The number of carbonyl (C=O) groups excluding carboxylic acids is 2. The fourth-order valence-electron chi connectivity index (χ4n) is 3.60. The van der Waals surface area contributed by atoms with Gasteiger partial charge in [0.2, 0.25) is 0 Å². The molecular formula is C18H34N2O5Si. The lowest BCUT2D eigenvalue weighted by atomic mass is 10.0. The van der Waals surface area contributed by atoms with Crippen LogP contribution in [0, 0.1) is 0 Å². The second-order valence-electron chi connectivity index (χ2n) is 9.51. The van der Waals surface area contributed by atoms with Crippen molar-refractivity contribution in [1.29, 1.82) is 0 Å². The quantitative estimate of drug-likeness (QED) is 0.752. The van der Waals surface area contributed by atoms with E-state index in [9.17, 15) is 14.7 Å². The van der Waals surface area contributed by atoms with Gasteiger partial charge in [-0.05, 0) is 39.7 Å². The smallest absolute Gasteiger partial charge is 0.410 e. The molecule has 0 aliphatic carbocycles. The molecule has 0 aromatic rings. The molecule has 0 unspecified atom stereocenters. The Hall–Kier alpha value is -1.28. The van der Waals surface area contributed by atoms with Gasteiger partial charge in [-0.2, -0.15) is 0 Å². The van der Waals surface area contributed by atoms with Crippen molar-refractivity contribution in [3.8, 4) is 0 Å². The van der Waals surface area contributed by atoms with Gasteiger partial charge in [-0.3, -0.25) is 9.80 Å². The van der Waals surface area contributed by atoms with Crippen molar-refractivity contribution in [2.24, 2.45) is 0 Å². The zero-order chi connectivity index (χ0) is 19.7. The Kier molecular flexibility index (Phi) is 6.27. The van der Waals surface area contributed by atoms with Crippen LogP contribution in [0.4, 0.5) is 9.59 Å². The first kappa shape index (κ1) is 21.0. The molecule has 2 aliphatic rings. The molecule has 0 saturated carbocycles. The van der Waals surface area contributed by atoms with Gasteiger partial charge in [0.05, 0.1) is 31.3 Å². The van der Waals surface area contributed by atoms with Crippen LogP contribution >= 0.6 is 0 Å². The predicted octanol–water partition coefficient (Wildman–Crippen LogP) is 2.91. The standard InChI is InChI=1S/C18H34N2O5Si/c1-18(2,3)25-17(23)20-13-7-8-14(20)15(12-21)19(11-13)16(22)24-9-10-26(4,5)6/h13-15,21H,7-12H2,1-6H3/t13-,14+,15-/m1/s1. The number of amides is 2. The molecule has 2 amide bonds. The van der Waals surface area contributed by atoms with E-state index < -0.39 is 19.7 Å². The van der Waals surface area contributed by atoms with Crippen LogP contribution in [-0.4, -0.2) is 78.7 Å². The number of rotatable bonds is 4. The van der Waals surface area contributed by atoms with Crippen LogP contribution in [0.2, 0.25) is 25.7 Å². The van der Waals surface area contributed by atoms with Crippen LogP contribution in [0.25, 0.3) is 0 Å². The topological polar surface area (TPSA) is 79.3 Å². The minimum absolute atomic E-state index is 0.0813. The molecule has 150 valence electrons. The fourth-order valence-corrected chi connectivity index (χ4v) is 4.31. The van der Waals surface area contributed by atoms with E-state index in [0.717, 1.165) is 18.9 Å².